The lowest BCUT2D eigenvalue weighted by molar-refractivity contribution is 0.806. The number of hydrogen-bond acceptors (Lipinski definition) is 3. The van der Waals surface area contributed by atoms with Crippen molar-refractivity contribution in [2.45, 2.75) is 24.0 Å². The fourth-order valence-corrected chi connectivity index (χ4v) is 3.31. The number of thiophene rings is 1. The molecule has 1 aliphatic rings. The van der Waals surface area contributed by atoms with Crippen LogP contribution in [0, 0.1) is 0 Å². The predicted octanol–water partition coefficient (Wildman–Crippen LogP) is 3.58. The molecule has 2 N–H and O–H groups in total. The molecule has 0 unspecified atom stereocenters. The number of nitrogens with zero attached hydrogens (tertiary/aromatic N) is 1. The summed E-state index contributed by atoms with van der Waals surface area (Å²) in [6.07, 6.45) is 2.29. The molecule has 0 bridgehead atoms. The molecule has 0 atom stereocenters. The van der Waals surface area contributed by atoms with E-state index in [0.717, 1.165) is 33.2 Å². The van der Waals surface area contributed by atoms with Crippen LogP contribution < -0.4 is 10.0 Å². The number of fused-ring (bicyclic) bond motifs is 1. The van der Waals surface area contributed by atoms with Crippen LogP contribution in [0.3, 0.4) is 0 Å². The number of anilines is 1. The minimum Gasteiger partial charge on any atom is -0.324 e. The van der Waals surface area contributed by atoms with Gasteiger partial charge in [-0.1, -0.05) is 24.9 Å². The summed E-state index contributed by atoms with van der Waals surface area (Å²) in [6, 6.07) is 1.94. The third-order valence-electron chi connectivity index (χ3n) is 1.94. The summed E-state index contributed by atoms with van der Waals surface area (Å²) in [7, 11) is 0. The number of guanidine groups is 1. The van der Waals surface area contributed by atoms with E-state index in [9.17, 15) is 0 Å². The Hall–Kier alpha value is -0.390. The second-order valence-corrected chi connectivity index (χ2v) is 5.92. The van der Waals surface area contributed by atoms with Crippen molar-refractivity contribution in [2.24, 2.45) is 4.99 Å². The van der Waals surface area contributed by atoms with Crippen molar-refractivity contribution in [2.75, 3.05) is 11.9 Å². The van der Waals surface area contributed by atoms with Crippen molar-refractivity contribution in [1.29, 1.82) is 0 Å². The van der Waals surface area contributed by atoms with E-state index in [0.29, 0.717) is 0 Å². The smallest absolute Gasteiger partial charge is 0.206 e. The van der Waals surface area contributed by atoms with Crippen molar-refractivity contribution in [1.82, 2.24) is 4.72 Å². The van der Waals surface area contributed by atoms with Gasteiger partial charge in [-0.15, -0.1) is 11.3 Å². The minimum atomic E-state index is 0.802. The van der Waals surface area contributed by atoms with E-state index in [1.807, 2.05) is 6.07 Å². The van der Waals surface area contributed by atoms with Crippen LogP contribution in [0.2, 0.25) is 4.34 Å². The van der Waals surface area contributed by atoms with Gasteiger partial charge < -0.3 is 5.32 Å². The van der Waals surface area contributed by atoms with Crippen molar-refractivity contribution in [3.63, 3.8) is 0 Å². The van der Waals surface area contributed by atoms with Crippen molar-refractivity contribution >= 4 is 46.5 Å². The fourth-order valence-electron chi connectivity index (χ4n) is 1.18. The molecule has 0 fully saturated rings. The normalized spacial score (nSPS) is 17.1. The fraction of sp³-hybridized carbons (Fsp3) is 0.444. The molecule has 15 heavy (non-hydrogen) atoms. The Morgan fingerprint density at radius 3 is 3.20 bits per heavy atom. The highest BCUT2D eigenvalue weighted by Gasteiger charge is 2.16. The van der Waals surface area contributed by atoms with Crippen LogP contribution in [0.15, 0.2) is 15.3 Å². The molecule has 1 aliphatic heterocycles. The quantitative estimate of drug-likeness (QED) is 0.645. The first kappa shape index (κ1) is 11.1. The van der Waals surface area contributed by atoms with Crippen molar-refractivity contribution in [3.8, 4) is 0 Å². The number of hydrogen-bond donors (Lipinski definition) is 2. The van der Waals surface area contributed by atoms with Crippen LogP contribution >= 0.6 is 34.9 Å². The molecule has 1 aromatic rings. The molecular formula is C9H12ClN3S2. The lowest BCUT2D eigenvalue weighted by atomic mass is 10.3. The molecule has 0 saturated heterocycles. The molecule has 0 aromatic carbocycles. The van der Waals surface area contributed by atoms with Crippen LogP contribution in [0.25, 0.3) is 0 Å². The minimum absolute atomic E-state index is 0.802. The summed E-state index contributed by atoms with van der Waals surface area (Å²) in [5, 5.41) is 3.22. The zero-order valence-corrected chi connectivity index (χ0v) is 10.7. The highest BCUT2D eigenvalue weighted by Crippen LogP contribution is 2.39. The molecule has 0 spiro atoms. The molecule has 2 rings (SSSR count). The highest BCUT2D eigenvalue weighted by atomic mass is 35.5. The third-order valence-corrected chi connectivity index (χ3v) is 4.20. The summed E-state index contributed by atoms with van der Waals surface area (Å²) in [5.41, 5.74) is 1.06. The van der Waals surface area contributed by atoms with E-state index in [4.69, 9.17) is 11.6 Å². The first-order valence-corrected chi connectivity index (χ1v) is 6.84. The van der Waals surface area contributed by atoms with Gasteiger partial charge >= 0.3 is 0 Å². The second-order valence-electron chi connectivity index (χ2n) is 3.16. The van der Waals surface area contributed by atoms with Crippen LogP contribution in [0.1, 0.15) is 19.8 Å². The van der Waals surface area contributed by atoms with Crippen molar-refractivity contribution in [3.05, 3.63) is 10.4 Å². The molecule has 0 radical (unpaired) electrons. The van der Waals surface area contributed by atoms with Crippen LogP contribution in [-0.2, 0) is 0 Å². The molecule has 0 amide bonds. The molecule has 0 saturated carbocycles. The van der Waals surface area contributed by atoms with Gasteiger partial charge in [-0.3, -0.25) is 9.71 Å². The molecule has 6 heteroatoms. The van der Waals surface area contributed by atoms with E-state index in [2.05, 4.69) is 22.0 Å². The van der Waals surface area contributed by atoms with Gasteiger partial charge in [0.15, 0.2) is 0 Å². The zero-order valence-electron chi connectivity index (χ0n) is 8.34. The summed E-state index contributed by atoms with van der Waals surface area (Å²) >= 11 is 9.06. The molecule has 82 valence electrons. The van der Waals surface area contributed by atoms with Gasteiger partial charge in [-0.05, 0) is 12.5 Å². The van der Waals surface area contributed by atoms with Gasteiger partial charge in [-0.2, -0.15) is 0 Å². The number of aliphatic imine (C=N–C) groups is 1. The van der Waals surface area contributed by atoms with Gasteiger partial charge in [0, 0.05) is 18.5 Å². The van der Waals surface area contributed by atoms with E-state index in [1.54, 1.807) is 23.3 Å². The number of rotatable bonds is 3. The maximum Gasteiger partial charge on any atom is 0.206 e. The van der Waals surface area contributed by atoms with E-state index in [1.165, 1.54) is 6.42 Å². The maximum absolute atomic E-state index is 5.92. The topological polar surface area (TPSA) is 36.4 Å². The standard InChI is InChI=1S/C9H12ClN3S2/c1-2-3-4-11-9-12-6-5-7(10)14-8(6)15-13-9/h5H,2-4H2,1H3,(H2,11,12,13). The Labute approximate surface area is 102 Å². The number of nitrogens with one attached hydrogen (secondary N) is 2. The van der Waals surface area contributed by atoms with Gasteiger partial charge in [0.1, 0.15) is 4.21 Å². The summed E-state index contributed by atoms with van der Waals surface area (Å²) in [4.78, 5) is 4.42. The first-order valence-electron chi connectivity index (χ1n) is 4.83. The van der Waals surface area contributed by atoms with Gasteiger partial charge in [0.05, 0.1) is 10.0 Å². The number of unbranched alkanes of at least 4 members (excludes halogenated alkanes) is 1. The summed E-state index contributed by atoms with van der Waals surface area (Å²) in [6.45, 7) is 3.02. The van der Waals surface area contributed by atoms with Crippen LogP contribution in [-0.4, -0.2) is 12.5 Å². The Morgan fingerprint density at radius 2 is 2.40 bits per heavy atom. The third kappa shape index (κ3) is 2.80. The van der Waals surface area contributed by atoms with Crippen LogP contribution in [0.5, 0.6) is 0 Å². The zero-order chi connectivity index (χ0) is 10.7. The Morgan fingerprint density at radius 1 is 1.53 bits per heavy atom. The molecule has 0 aliphatic carbocycles. The van der Waals surface area contributed by atoms with E-state index >= 15 is 0 Å². The maximum atomic E-state index is 5.92. The molecule has 3 nitrogen and oxygen atoms in total. The summed E-state index contributed by atoms with van der Waals surface area (Å²) in [5.74, 6) is 0.829. The van der Waals surface area contributed by atoms with Gasteiger partial charge in [0.25, 0.3) is 0 Å². The second kappa shape index (κ2) is 5.09. The average molecular weight is 262 g/mol. The van der Waals surface area contributed by atoms with Crippen LogP contribution in [0.4, 0.5) is 5.69 Å². The first-order chi connectivity index (χ1) is 7.29. The van der Waals surface area contributed by atoms with Crippen molar-refractivity contribution < 1.29 is 0 Å². The monoisotopic (exact) mass is 261 g/mol. The van der Waals surface area contributed by atoms with E-state index in [-0.39, 0.29) is 0 Å². The predicted molar refractivity (Wildman–Crippen MR) is 69.2 cm³/mol. The lowest BCUT2D eigenvalue weighted by Gasteiger charge is -2.16. The summed E-state index contributed by atoms with van der Waals surface area (Å²) < 4.78 is 5.12. The largest absolute Gasteiger partial charge is 0.324 e. The Kier molecular flexibility index (Phi) is 3.77. The molecular weight excluding hydrogens is 250 g/mol. The average Bonchev–Trinajstić information content (AvgIpc) is 2.57. The van der Waals surface area contributed by atoms with Gasteiger partial charge in [0.2, 0.25) is 5.96 Å². The molecule has 2 heterocycles. The SMILES string of the molecule is CCCCN=C1NSc2sc(Cl)cc2N1. The Balaban J connectivity index is 2.01. The van der Waals surface area contributed by atoms with Gasteiger partial charge in [-0.25, -0.2) is 0 Å². The lowest BCUT2D eigenvalue weighted by Crippen LogP contribution is -2.28. The highest BCUT2D eigenvalue weighted by molar-refractivity contribution is 8.00. The Bertz CT molecular complexity index is 375. The number of halogens is 1. The molecule has 1 aromatic heterocycles. The van der Waals surface area contributed by atoms with E-state index < -0.39 is 0 Å².